The number of anilines is 1. The summed E-state index contributed by atoms with van der Waals surface area (Å²) in [5, 5.41) is 4.19. The number of pyridine rings is 1. The third-order valence-electron chi connectivity index (χ3n) is 4.80. The third-order valence-corrected chi connectivity index (χ3v) is 5.40. The number of halogens is 2. The minimum absolute atomic E-state index is 0.408. The third kappa shape index (κ3) is 6.32. The quantitative estimate of drug-likeness (QED) is 0.569. The van der Waals surface area contributed by atoms with Gasteiger partial charge in [0.2, 0.25) is 0 Å². The van der Waals surface area contributed by atoms with E-state index in [0.717, 1.165) is 25.1 Å². The fraction of sp³-hybridized carbons (Fsp3) is 0.261. The average Bonchev–Trinajstić information content (AvgIpc) is 2.75. The number of hydrogen-bond acceptors (Lipinski definition) is 7. The van der Waals surface area contributed by atoms with Gasteiger partial charge in [0, 0.05) is 53.2 Å². The number of nitrogen functional groups attached to an aromatic ring is 1. The Morgan fingerprint density at radius 1 is 1.19 bits per heavy atom. The van der Waals surface area contributed by atoms with Crippen LogP contribution in [0.15, 0.2) is 58.3 Å². The van der Waals surface area contributed by atoms with Crippen molar-refractivity contribution < 1.29 is 4.74 Å². The maximum atomic E-state index is 6.50. The van der Waals surface area contributed by atoms with E-state index in [1.807, 2.05) is 19.1 Å². The fourth-order valence-corrected chi connectivity index (χ4v) is 3.83. The fourth-order valence-electron chi connectivity index (χ4n) is 3.16. The molecule has 0 amide bonds. The summed E-state index contributed by atoms with van der Waals surface area (Å²) in [6.45, 7) is 4.22. The van der Waals surface area contributed by atoms with Gasteiger partial charge in [-0.05, 0) is 38.1 Å². The van der Waals surface area contributed by atoms with Crippen LogP contribution in [0.4, 0.5) is 5.69 Å². The van der Waals surface area contributed by atoms with Gasteiger partial charge < -0.3 is 21.5 Å². The molecule has 0 radical (unpaired) electrons. The van der Waals surface area contributed by atoms with Crippen molar-refractivity contribution in [3.05, 3.63) is 69.5 Å². The minimum atomic E-state index is -0.408. The maximum absolute atomic E-state index is 6.50. The standard InChI is InChI=1S/C23H26Cl2N6O/c1-15(22-19(24)12-30-13-20(22)25)32-17-5-6-21(26)18(10-17)23(27)16-4-2-3-7-28-8-9-29-14-31-11-16/h2,4-6,10-15,28H,3,7-9,26-27H2,1H3/b4-2-,23-16+,29-14?,31-11?/t15-/m1/s1. The molecule has 1 aliphatic heterocycles. The van der Waals surface area contributed by atoms with Crippen molar-refractivity contribution in [2.45, 2.75) is 19.4 Å². The molecular formula is C23H26Cl2N6O. The van der Waals surface area contributed by atoms with E-state index in [0.29, 0.717) is 44.9 Å². The number of nitrogens with one attached hydrogen (secondary N) is 1. The van der Waals surface area contributed by atoms with Crippen LogP contribution >= 0.6 is 23.2 Å². The van der Waals surface area contributed by atoms with Crippen LogP contribution in [0.3, 0.4) is 0 Å². The molecule has 0 spiro atoms. The summed E-state index contributed by atoms with van der Waals surface area (Å²) in [6, 6.07) is 5.33. The van der Waals surface area contributed by atoms with Crippen molar-refractivity contribution in [2.24, 2.45) is 15.7 Å². The van der Waals surface area contributed by atoms with E-state index in [-0.39, 0.29) is 0 Å². The van der Waals surface area contributed by atoms with Gasteiger partial charge in [0.1, 0.15) is 18.2 Å². The van der Waals surface area contributed by atoms with Gasteiger partial charge in [0.05, 0.1) is 16.6 Å². The van der Waals surface area contributed by atoms with E-state index in [2.05, 4.69) is 20.3 Å². The molecule has 0 saturated heterocycles. The zero-order valence-electron chi connectivity index (χ0n) is 17.8. The van der Waals surface area contributed by atoms with E-state index in [1.165, 1.54) is 18.7 Å². The van der Waals surface area contributed by atoms with Crippen LogP contribution in [0.1, 0.15) is 30.6 Å². The monoisotopic (exact) mass is 472 g/mol. The Bertz CT molecular complexity index is 1040. The lowest BCUT2D eigenvalue weighted by Crippen LogP contribution is -2.18. The number of benzene rings is 1. The Hall–Kier alpha value is -2.87. The zero-order chi connectivity index (χ0) is 22.9. The van der Waals surface area contributed by atoms with Crippen LogP contribution in [0, 0.1) is 0 Å². The molecule has 0 unspecified atom stereocenters. The molecule has 32 heavy (non-hydrogen) atoms. The second-order valence-electron chi connectivity index (χ2n) is 7.14. The van der Waals surface area contributed by atoms with E-state index < -0.39 is 6.10 Å². The summed E-state index contributed by atoms with van der Waals surface area (Å²) in [4.78, 5) is 12.5. The zero-order valence-corrected chi connectivity index (χ0v) is 19.3. The molecule has 1 aromatic heterocycles. The number of hydrogen-bond donors (Lipinski definition) is 3. The molecule has 5 N–H and O–H groups in total. The number of ether oxygens (including phenoxy) is 1. The number of nitrogens with two attached hydrogens (primary N) is 2. The molecule has 9 heteroatoms. The molecule has 1 aromatic carbocycles. The lowest BCUT2D eigenvalue weighted by atomic mass is 10.0. The highest BCUT2D eigenvalue weighted by Gasteiger charge is 2.17. The SMILES string of the molecule is C[C@@H](Oc1ccc(N)c(/C(N)=C2C=NC=NCCNCC/C=C\2)c1)c1c(Cl)cncc1Cl. The molecule has 1 aliphatic rings. The van der Waals surface area contributed by atoms with Gasteiger partial charge in [0.25, 0.3) is 0 Å². The van der Waals surface area contributed by atoms with Crippen LogP contribution in [0.25, 0.3) is 5.70 Å². The molecule has 0 fully saturated rings. The molecule has 3 rings (SSSR count). The van der Waals surface area contributed by atoms with Crippen LogP contribution in [-0.4, -0.2) is 37.2 Å². The van der Waals surface area contributed by atoms with E-state index in [4.69, 9.17) is 39.4 Å². The largest absolute Gasteiger partial charge is 0.486 e. The van der Waals surface area contributed by atoms with Gasteiger partial charge in [-0.3, -0.25) is 9.98 Å². The Balaban J connectivity index is 1.92. The second-order valence-corrected chi connectivity index (χ2v) is 7.95. The van der Waals surface area contributed by atoms with Gasteiger partial charge in [-0.25, -0.2) is 4.99 Å². The molecule has 168 valence electrons. The molecule has 2 aromatic rings. The first-order chi connectivity index (χ1) is 15.5. The van der Waals surface area contributed by atoms with Gasteiger partial charge in [-0.1, -0.05) is 35.4 Å². The smallest absolute Gasteiger partial charge is 0.124 e. The normalized spacial score (nSPS) is 18.3. The summed E-state index contributed by atoms with van der Waals surface area (Å²) in [6.07, 6.45) is 10.7. The Morgan fingerprint density at radius 3 is 2.75 bits per heavy atom. The highest BCUT2D eigenvalue weighted by Crippen LogP contribution is 2.34. The average molecular weight is 473 g/mol. The van der Waals surface area contributed by atoms with Crippen LogP contribution in [-0.2, 0) is 0 Å². The van der Waals surface area contributed by atoms with Gasteiger partial charge in [0.15, 0.2) is 0 Å². The van der Waals surface area contributed by atoms with Gasteiger partial charge >= 0.3 is 0 Å². The highest BCUT2D eigenvalue weighted by molar-refractivity contribution is 6.35. The Kier molecular flexibility index (Phi) is 8.67. The first-order valence-corrected chi connectivity index (χ1v) is 11.0. The number of nitrogens with zero attached hydrogens (tertiary/aromatic N) is 3. The molecule has 0 saturated carbocycles. The Labute approximate surface area is 197 Å². The van der Waals surface area contributed by atoms with Crippen molar-refractivity contribution in [3.8, 4) is 5.75 Å². The Morgan fingerprint density at radius 2 is 1.97 bits per heavy atom. The number of aromatic nitrogens is 1. The lowest BCUT2D eigenvalue weighted by molar-refractivity contribution is 0.227. The number of aliphatic imine (C=N–C) groups is 2. The van der Waals surface area contributed by atoms with Crippen LogP contribution in [0.2, 0.25) is 10.0 Å². The highest BCUT2D eigenvalue weighted by atomic mass is 35.5. The van der Waals surface area contributed by atoms with E-state index in [1.54, 1.807) is 24.4 Å². The summed E-state index contributed by atoms with van der Waals surface area (Å²) >= 11 is 12.5. The first-order valence-electron chi connectivity index (χ1n) is 10.2. The van der Waals surface area contributed by atoms with E-state index >= 15 is 0 Å². The lowest BCUT2D eigenvalue weighted by Gasteiger charge is -2.19. The molecule has 2 heterocycles. The van der Waals surface area contributed by atoms with Crippen LogP contribution in [0.5, 0.6) is 5.75 Å². The van der Waals surface area contributed by atoms with E-state index in [9.17, 15) is 0 Å². The first kappa shape index (κ1) is 23.8. The maximum Gasteiger partial charge on any atom is 0.124 e. The number of allylic oxidation sites excluding steroid dienone is 2. The molecule has 1 atom stereocenters. The topological polar surface area (TPSA) is 111 Å². The predicted octanol–water partition coefficient (Wildman–Crippen LogP) is 4.43. The van der Waals surface area contributed by atoms with Crippen molar-refractivity contribution in [1.29, 1.82) is 0 Å². The molecule has 0 aliphatic carbocycles. The second kappa shape index (κ2) is 11.7. The summed E-state index contributed by atoms with van der Waals surface area (Å²) in [5.74, 6) is 0.578. The van der Waals surface area contributed by atoms with Gasteiger partial charge in [-0.15, -0.1) is 0 Å². The van der Waals surface area contributed by atoms with Crippen molar-refractivity contribution >= 4 is 47.1 Å². The van der Waals surface area contributed by atoms with Crippen molar-refractivity contribution in [2.75, 3.05) is 25.4 Å². The number of rotatable bonds is 4. The van der Waals surface area contributed by atoms with Gasteiger partial charge in [-0.2, -0.15) is 0 Å². The molecular weight excluding hydrogens is 447 g/mol. The van der Waals surface area contributed by atoms with Crippen molar-refractivity contribution in [1.82, 2.24) is 10.3 Å². The minimum Gasteiger partial charge on any atom is -0.486 e. The molecule has 0 bridgehead atoms. The van der Waals surface area contributed by atoms with Crippen molar-refractivity contribution in [3.63, 3.8) is 0 Å². The molecule has 7 nitrogen and oxygen atoms in total. The summed E-state index contributed by atoms with van der Waals surface area (Å²) in [5.41, 5.74) is 15.8. The van der Waals surface area contributed by atoms with Crippen LogP contribution < -0.4 is 21.5 Å². The predicted molar refractivity (Wildman–Crippen MR) is 134 cm³/mol. The summed E-state index contributed by atoms with van der Waals surface area (Å²) < 4.78 is 6.10. The summed E-state index contributed by atoms with van der Waals surface area (Å²) in [7, 11) is 0.